The maximum Gasteiger partial charge on any atom is 0.120 e. The first-order valence-electron chi connectivity index (χ1n) is 6.81. The van der Waals surface area contributed by atoms with E-state index in [1.807, 2.05) is 12.1 Å². The molecule has 0 saturated heterocycles. The molecule has 0 heterocycles. The average Bonchev–Trinajstić information content (AvgIpc) is 2.39. The summed E-state index contributed by atoms with van der Waals surface area (Å²) in [5, 5.41) is 10.1. The normalized spacial score (nSPS) is 29.9. The Morgan fingerprint density at radius 3 is 2.67 bits per heavy atom. The van der Waals surface area contributed by atoms with Crippen LogP contribution in [-0.4, -0.2) is 17.3 Å². The molecule has 0 aromatic heterocycles. The van der Waals surface area contributed by atoms with E-state index in [0.29, 0.717) is 0 Å². The zero-order valence-corrected chi connectivity index (χ0v) is 12.6. The quantitative estimate of drug-likeness (QED) is 0.816. The predicted octanol–water partition coefficient (Wildman–Crippen LogP) is 3.75. The third kappa shape index (κ3) is 2.16. The second kappa shape index (κ2) is 5.00. The van der Waals surface area contributed by atoms with Gasteiger partial charge in [-0.25, -0.2) is 0 Å². The van der Waals surface area contributed by atoms with Crippen molar-refractivity contribution in [2.45, 2.75) is 50.7 Å². The van der Waals surface area contributed by atoms with E-state index in [9.17, 15) is 5.11 Å². The van der Waals surface area contributed by atoms with Crippen molar-refractivity contribution in [1.29, 1.82) is 0 Å². The van der Waals surface area contributed by atoms with E-state index in [0.717, 1.165) is 25.0 Å². The lowest BCUT2D eigenvalue weighted by atomic mass is 9.56. The molecule has 2 aliphatic rings. The summed E-state index contributed by atoms with van der Waals surface area (Å²) in [5.74, 6) is 0.948. The molecule has 2 fully saturated rings. The third-order valence-corrected chi connectivity index (χ3v) is 5.27. The van der Waals surface area contributed by atoms with Crippen LogP contribution >= 0.6 is 22.6 Å². The molecule has 1 spiro atoms. The van der Waals surface area contributed by atoms with Crippen LogP contribution < -0.4 is 4.74 Å². The molecule has 0 radical (unpaired) electrons. The number of aliphatic hydroxyl groups is 1. The van der Waals surface area contributed by atoms with Crippen molar-refractivity contribution in [3.63, 3.8) is 0 Å². The number of halogens is 1. The van der Waals surface area contributed by atoms with Gasteiger partial charge in [0.15, 0.2) is 0 Å². The first-order chi connectivity index (χ1) is 8.71. The van der Waals surface area contributed by atoms with Crippen molar-refractivity contribution in [3.8, 4) is 5.75 Å². The van der Waals surface area contributed by atoms with Crippen molar-refractivity contribution in [2.75, 3.05) is 0 Å². The van der Waals surface area contributed by atoms with Crippen molar-refractivity contribution in [1.82, 2.24) is 0 Å². The summed E-state index contributed by atoms with van der Waals surface area (Å²) >= 11 is 2.30. The van der Waals surface area contributed by atoms with Gasteiger partial charge in [0.2, 0.25) is 0 Å². The fourth-order valence-electron chi connectivity index (χ4n) is 3.46. The summed E-state index contributed by atoms with van der Waals surface area (Å²) in [6.07, 6.45) is 6.91. The Labute approximate surface area is 122 Å². The highest BCUT2D eigenvalue weighted by Crippen LogP contribution is 2.53. The highest BCUT2D eigenvalue weighted by Gasteiger charge is 2.56. The lowest BCUT2D eigenvalue weighted by Gasteiger charge is -2.55. The zero-order valence-electron chi connectivity index (χ0n) is 10.4. The van der Waals surface area contributed by atoms with Crippen LogP contribution in [0.2, 0.25) is 0 Å². The fraction of sp³-hybridized carbons (Fsp3) is 0.600. The Hall–Kier alpha value is -0.290. The Morgan fingerprint density at radius 1 is 1.22 bits per heavy atom. The minimum atomic E-state index is -0.148. The van der Waals surface area contributed by atoms with Crippen LogP contribution in [0, 0.1) is 8.99 Å². The molecule has 1 aromatic carbocycles. The molecule has 0 aliphatic heterocycles. The molecule has 98 valence electrons. The number of aliphatic hydroxyl groups excluding tert-OH is 1. The lowest BCUT2D eigenvalue weighted by Crippen LogP contribution is -2.60. The topological polar surface area (TPSA) is 29.5 Å². The van der Waals surface area contributed by atoms with Crippen LogP contribution in [0.15, 0.2) is 24.3 Å². The Balaban J connectivity index is 1.73. The van der Waals surface area contributed by atoms with Gasteiger partial charge < -0.3 is 9.84 Å². The maximum atomic E-state index is 10.1. The number of ether oxygens (including phenoxy) is 1. The summed E-state index contributed by atoms with van der Waals surface area (Å²) in [6, 6.07) is 8.18. The second-order valence-corrected chi connectivity index (χ2v) is 6.85. The number of benzene rings is 1. The summed E-state index contributed by atoms with van der Waals surface area (Å²) in [7, 11) is 0. The molecule has 2 unspecified atom stereocenters. The van der Waals surface area contributed by atoms with Crippen LogP contribution in [0.1, 0.15) is 38.5 Å². The summed E-state index contributed by atoms with van der Waals surface area (Å²) in [6.45, 7) is 0. The van der Waals surface area contributed by atoms with E-state index in [2.05, 4.69) is 34.7 Å². The Bertz CT molecular complexity index is 426. The highest BCUT2D eigenvalue weighted by atomic mass is 127. The van der Waals surface area contributed by atoms with E-state index in [1.54, 1.807) is 0 Å². The maximum absolute atomic E-state index is 10.1. The van der Waals surface area contributed by atoms with Gasteiger partial charge in [-0.2, -0.15) is 0 Å². The van der Waals surface area contributed by atoms with E-state index in [-0.39, 0.29) is 17.6 Å². The third-order valence-electron chi connectivity index (χ3n) is 4.60. The number of hydrogen-bond acceptors (Lipinski definition) is 2. The zero-order chi connectivity index (χ0) is 12.6. The Kier molecular flexibility index (Phi) is 3.54. The van der Waals surface area contributed by atoms with Gasteiger partial charge in [0.25, 0.3) is 0 Å². The van der Waals surface area contributed by atoms with Crippen LogP contribution in [0.5, 0.6) is 5.75 Å². The van der Waals surface area contributed by atoms with Gasteiger partial charge in [-0.1, -0.05) is 25.3 Å². The molecule has 3 heteroatoms. The fourth-order valence-corrected chi connectivity index (χ4v) is 3.98. The lowest BCUT2D eigenvalue weighted by molar-refractivity contribution is -0.172. The molecule has 2 atom stereocenters. The van der Waals surface area contributed by atoms with Crippen molar-refractivity contribution < 1.29 is 9.84 Å². The molecule has 18 heavy (non-hydrogen) atoms. The predicted molar refractivity (Wildman–Crippen MR) is 79.7 cm³/mol. The van der Waals surface area contributed by atoms with Crippen LogP contribution in [0.3, 0.4) is 0 Å². The molecule has 1 aromatic rings. The van der Waals surface area contributed by atoms with Gasteiger partial charge in [0.1, 0.15) is 11.9 Å². The van der Waals surface area contributed by atoms with E-state index in [4.69, 9.17) is 4.74 Å². The SMILES string of the molecule is OC1CC(Oc2cccc(I)c2)C12CCCCC2. The first kappa shape index (κ1) is 12.7. The van der Waals surface area contributed by atoms with Crippen molar-refractivity contribution >= 4 is 22.6 Å². The van der Waals surface area contributed by atoms with Gasteiger partial charge in [-0.15, -0.1) is 0 Å². The van der Waals surface area contributed by atoms with Gasteiger partial charge in [-0.3, -0.25) is 0 Å². The molecule has 0 amide bonds. The van der Waals surface area contributed by atoms with Gasteiger partial charge in [-0.05, 0) is 53.6 Å². The molecule has 1 N–H and O–H groups in total. The van der Waals surface area contributed by atoms with Crippen LogP contribution in [0.25, 0.3) is 0 Å². The summed E-state index contributed by atoms with van der Waals surface area (Å²) < 4.78 is 7.33. The van der Waals surface area contributed by atoms with Gasteiger partial charge >= 0.3 is 0 Å². The number of hydrogen-bond donors (Lipinski definition) is 1. The molecular weight excluding hydrogens is 339 g/mol. The first-order valence-corrected chi connectivity index (χ1v) is 7.89. The minimum Gasteiger partial charge on any atom is -0.490 e. The second-order valence-electron chi connectivity index (χ2n) is 5.61. The standard InChI is InChI=1S/C15H19IO2/c16-11-5-4-6-12(9-11)18-14-10-13(17)15(14)7-2-1-3-8-15/h4-6,9,13-14,17H,1-3,7-8,10H2. The summed E-state index contributed by atoms with van der Waals surface area (Å²) in [4.78, 5) is 0. The smallest absolute Gasteiger partial charge is 0.120 e. The van der Waals surface area contributed by atoms with Gasteiger partial charge in [0.05, 0.1) is 6.10 Å². The minimum absolute atomic E-state index is 0.0551. The van der Waals surface area contributed by atoms with Crippen molar-refractivity contribution in [3.05, 3.63) is 27.8 Å². The Morgan fingerprint density at radius 2 is 2.00 bits per heavy atom. The molecule has 3 rings (SSSR count). The summed E-state index contributed by atoms with van der Waals surface area (Å²) in [5.41, 5.74) is 0.0551. The van der Waals surface area contributed by atoms with Crippen LogP contribution in [-0.2, 0) is 0 Å². The highest BCUT2D eigenvalue weighted by molar-refractivity contribution is 14.1. The number of rotatable bonds is 2. The van der Waals surface area contributed by atoms with Gasteiger partial charge in [0, 0.05) is 15.4 Å². The van der Waals surface area contributed by atoms with E-state index >= 15 is 0 Å². The molecule has 0 bridgehead atoms. The molecule has 2 aliphatic carbocycles. The molecular formula is C15H19IO2. The monoisotopic (exact) mass is 358 g/mol. The van der Waals surface area contributed by atoms with E-state index < -0.39 is 0 Å². The largest absolute Gasteiger partial charge is 0.490 e. The van der Waals surface area contributed by atoms with Crippen LogP contribution in [0.4, 0.5) is 0 Å². The molecule has 2 nitrogen and oxygen atoms in total. The average molecular weight is 358 g/mol. The molecule has 2 saturated carbocycles. The van der Waals surface area contributed by atoms with E-state index in [1.165, 1.54) is 22.8 Å². The van der Waals surface area contributed by atoms with Crippen molar-refractivity contribution in [2.24, 2.45) is 5.41 Å².